The first-order valence-corrected chi connectivity index (χ1v) is 11.2. The molecule has 7 heteroatoms. The normalized spacial score (nSPS) is 24.7. The molecule has 2 heterocycles. The second-order valence-electron chi connectivity index (χ2n) is 7.66. The van der Waals surface area contributed by atoms with Gasteiger partial charge in [0.1, 0.15) is 5.82 Å². The molecule has 2 aromatic carbocycles. The molecule has 0 bridgehead atoms. The fourth-order valence-electron chi connectivity index (χ4n) is 4.74. The number of sulfonamides is 1. The Morgan fingerprint density at radius 2 is 1.75 bits per heavy atom. The fraction of sp³-hybridized carbons (Fsp3) is 0.429. The van der Waals surface area contributed by atoms with Gasteiger partial charge in [0.2, 0.25) is 10.0 Å². The van der Waals surface area contributed by atoms with Crippen LogP contribution >= 0.6 is 0 Å². The maximum atomic E-state index is 13.3. The van der Waals surface area contributed by atoms with Crippen molar-refractivity contribution >= 4 is 10.0 Å². The summed E-state index contributed by atoms with van der Waals surface area (Å²) in [6.45, 7) is 3.03. The zero-order valence-corrected chi connectivity index (χ0v) is 16.6. The molecule has 0 radical (unpaired) electrons. The Hall–Kier alpha value is -1.80. The van der Waals surface area contributed by atoms with Crippen LogP contribution < -0.4 is 0 Å². The van der Waals surface area contributed by atoms with E-state index < -0.39 is 10.0 Å². The van der Waals surface area contributed by atoms with E-state index in [1.54, 1.807) is 19.1 Å². The molecule has 0 aromatic heterocycles. The van der Waals surface area contributed by atoms with Crippen LogP contribution in [0.3, 0.4) is 0 Å². The van der Waals surface area contributed by atoms with E-state index in [4.69, 9.17) is 0 Å². The molecule has 150 valence electrons. The highest BCUT2D eigenvalue weighted by Gasteiger charge is 2.66. The molecule has 2 aliphatic rings. The van der Waals surface area contributed by atoms with Gasteiger partial charge in [-0.3, -0.25) is 4.90 Å². The summed E-state index contributed by atoms with van der Waals surface area (Å²) in [7, 11) is -3.25. The van der Waals surface area contributed by atoms with Gasteiger partial charge in [-0.05, 0) is 30.2 Å². The quantitative estimate of drug-likeness (QED) is 0.802. The van der Waals surface area contributed by atoms with Crippen LogP contribution in [-0.4, -0.2) is 59.8 Å². The van der Waals surface area contributed by atoms with Gasteiger partial charge in [-0.15, -0.1) is 0 Å². The topological polar surface area (TPSA) is 60.9 Å². The molecule has 2 aliphatic heterocycles. The number of rotatable bonds is 6. The van der Waals surface area contributed by atoms with Gasteiger partial charge < -0.3 is 5.11 Å². The average Bonchev–Trinajstić information content (AvgIpc) is 2.66. The van der Waals surface area contributed by atoms with Gasteiger partial charge in [0.15, 0.2) is 0 Å². The first-order chi connectivity index (χ1) is 13.4. The van der Waals surface area contributed by atoms with Crippen LogP contribution in [0.4, 0.5) is 4.39 Å². The maximum Gasteiger partial charge on any atom is 0.213 e. The van der Waals surface area contributed by atoms with Crippen molar-refractivity contribution in [3.8, 4) is 0 Å². The highest BCUT2D eigenvalue weighted by Crippen LogP contribution is 2.54. The minimum Gasteiger partial charge on any atom is -0.395 e. The summed E-state index contributed by atoms with van der Waals surface area (Å²) in [5, 5.41) is 10.1. The van der Waals surface area contributed by atoms with Crippen molar-refractivity contribution in [3.05, 3.63) is 71.5 Å². The van der Waals surface area contributed by atoms with Crippen LogP contribution in [0.2, 0.25) is 0 Å². The van der Waals surface area contributed by atoms with Crippen LogP contribution in [0.15, 0.2) is 54.6 Å². The number of nitrogens with zero attached hydrogens (tertiary/aromatic N) is 2. The Bertz CT molecular complexity index is 928. The summed E-state index contributed by atoms with van der Waals surface area (Å²) >= 11 is 0. The first-order valence-electron chi connectivity index (χ1n) is 9.56. The van der Waals surface area contributed by atoms with Gasteiger partial charge in [0, 0.05) is 31.6 Å². The Labute approximate surface area is 165 Å². The monoisotopic (exact) mass is 404 g/mol. The number of halogens is 1. The molecular weight excluding hydrogens is 379 g/mol. The fourth-order valence-corrected chi connectivity index (χ4v) is 5.95. The van der Waals surface area contributed by atoms with E-state index in [1.165, 1.54) is 16.4 Å². The van der Waals surface area contributed by atoms with E-state index in [2.05, 4.69) is 4.90 Å². The number of hydrogen-bond acceptors (Lipinski definition) is 4. The number of aliphatic hydroxyl groups is 1. The maximum absolute atomic E-state index is 13.3. The molecule has 1 spiro atoms. The highest BCUT2D eigenvalue weighted by molar-refractivity contribution is 7.89. The van der Waals surface area contributed by atoms with Crippen molar-refractivity contribution < 1.29 is 17.9 Å². The smallest absolute Gasteiger partial charge is 0.213 e. The predicted molar refractivity (Wildman–Crippen MR) is 106 cm³/mol. The van der Waals surface area contributed by atoms with E-state index in [9.17, 15) is 17.9 Å². The highest BCUT2D eigenvalue weighted by atomic mass is 32.2. The van der Waals surface area contributed by atoms with Gasteiger partial charge in [-0.1, -0.05) is 42.5 Å². The van der Waals surface area contributed by atoms with Crippen molar-refractivity contribution in [1.29, 1.82) is 0 Å². The Balaban J connectivity index is 1.65. The lowest BCUT2D eigenvalue weighted by Crippen LogP contribution is -2.84. The van der Waals surface area contributed by atoms with E-state index >= 15 is 0 Å². The molecule has 5 nitrogen and oxygen atoms in total. The van der Waals surface area contributed by atoms with Crippen molar-refractivity contribution in [2.45, 2.75) is 31.0 Å². The zero-order valence-electron chi connectivity index (χ0n) is 15.8. The predicted octanol–water partition coefficient (Wildman–Crippen LogP) is 2.19. The number of aliphatic hydroxyl groups excluding tert-OH is 1. The third-order valence-electron chi connectivity index (χ3n) is 6.21. The Morgan fingerprint density at radius 1 is 1.11 bits per heavy atom. The lowest BCUT2D eigenvalue weighted by molar-refractivity contribution is -0.175. The molecule has 2 fully saturated rings. The van der Waals surface area contributed by atoms with Gasteiger partial charge in [0.05, 0.1) is 17.9 Å². The van der Waals surface area contributed by atoms with Crippen LogP contribution in [0.1, 0.15) is 24.0 Å². The molecule has 0 amide bonds. The van der Waals surface area contributed by atoms with Gasteiger partial charge >= 0.3 is 0 Å². The van der Waals surface area contributed by atoms with Gasteiger partial charge in [0.25, 0.3) is 0 Å². The Morgan fingerprint density at radius 3 is 2.32 bits per heavy atom. The summed E-state index contributed by atoms with van der Waals surface area (Å²) in [5.74, 6) is -0.144. The third kappa shape index (κ3) is 3.06. The second-order valence-corrected chi connectivity index (χ2v) is 9.92. The SMILES string of the molecule is CCS(=O)(=O)N1CC2(C1)[C@@H](c1ccccc1)[C@H](CO)N2Cc1ccc(F)cc1. The summed E-state index contributed by atoms with van der Waals surface area (Å²) in [4.78, 5) is 2.19. The summed E-state index contributed by atoms with van der Waals surface area (Å²) in [6.07, 6.45) is 0. The van der Waals surface area contributed by atoms with E-state index in [1.807, 2.05) is 30.3 Å². The van der Waals surface area contributed by atoms with Crippen LogP contribution in [-0.2, 0) is 16.6 Å². The molecule has 28 heavy (non-hydrogen) atoms. The lowest BCUT2D eigenvalue weighted by atomic mass is 9.61. The molecule has 0 unspecified atom stereocenters. The number of benzene rings is 2. The van der Waals surface area contributed by atoms with Gasteiger partial charge in [-0.25, -0.2) is 12.8 Å². The first kappa shape index (κ1) is 19.5. The Kier molecular flexibility index (Phi) is 5.03. The molecular formula is C21H25FN2O3S. The molecule has 4 rings (SSSR count). The minimum atomic E-state index is -3.25. The van der Waals surface area contributed by atoms with Crippen LogP contribution in [0.25, 0.3) is 0 Å². The standard InChI is InChI=1S/C21H25FN2O3S/c1-2-28(26,27)23-14-21(15-23)20(17-6-4-3-5-7-17)19(13-25)24(21)12-16-8-10-18(22)11-9-16/h3-11,19-20,25H,2,12-15H2,1H3/t19-,20-/m0/s1. The lowest BCUT2D eigenvalue weighted by Gasteiger charge is -2.70. The van der Waals surface area contributed by atoms with E-state index in [0.717, 1.165) is 11.1 Å². The van der Waals surface area contributed by atoms with Crippen molar-refractivity contribution in [2.75, 3.05) is 25.4 Å². The largest absolute Gasteiger partial charge is 0.395 e. The van der Waals surface area contributed by atoms with Crippen molar-refractivity contribution in [1.82, 2.24) is 9.21 Å². The molecule has 2 atom stereocenters. The average molecular weight is 405 g/mol. The number of hydrogen-bond donors (Lipinski definition) is 1. The summed E-state index contributed by atoms with van der Waals surface area (Å²) in [6, 6.07) is 16.2. The number of likely N-dealkylation sites (tertiary alicyclic amines) is 1. The minimum absolute atomic E-state index is 0.0109. The summed E-state index contributed by atoms with van der Waals surface area (Å²) in [5.41, 5.74) is 1.72. The second kappa shape index (κ2) is 7.22. The van der Waals surface area contributed by atoms with Crippen molar-refractivity contribution in [2.24, 2.45) is 0 Å². The molecule has 0 saturated carbocycles. The zero-order chi connectivity index (χ0) is 19.9. The van der Waals surface area contributed by atoms with Crippen molar-refractivity contribution in [3.63, 3.8) is 0 Å². The molecule has 2 aromatic rings. The summed E-state index contributed by atoms with van der Waals surface area (Å²) < 4.78 is 39.5. The van der Waals surface area contributed by atoms with Gasteiger partial charge in [-0.2, -0.15) is 4.31 Å². The van der Waals surface area contributed by atoms with Crippen LogP contribution in [0.5, 0.6) is 0 Å². The molecule has 1 N–H and O–H groups in total. The third-order valence-corrected chi connectivity index (χ3v) is 7.98. The van der Waals surface area contributed by atoms with E-state index in [0.29, 0.717) is 19.6 Å². The molecule has 0 aliphatic carbocycles. The van der Waals surface area contributed by atoms with Crippen LogP contribution in [0, 0.1) is 5.82 Å². The molecule has 2 saturated heterocycles. The van der Waals surface area contributed by atoms with E-state index in [-0.39, 0.29) is 35.7 Å².